The monoisotopic (exact) mass is 390 g/mol. The highest BCUT2D eigenvalue weighted by atomic mass is 79.9. The second kappa shape index (κ2) is 9.12. The second-order valence-electron chi connectivity index (χ2n) is 5.08. The van der Waals surface area contributed by atoms with Crippen LogP contribution in [-0.2, 0) is 14.3 Å². The summed E-state index contributed by atoms with van der Waals surface area (Å²) in [5.74, 6) is -0.384. The molecule has 1 aliphatic heterocycles. The highest BCUT2D eigenvalue weighted by Crippen LogP contribution is 2.21. The Balaban J connectivity index is 0.00000242. The van der Waals surface area contributed by atoms with E-state index in [0.717, 1.165) is 23.0 Å². The molecule has 122 valence electrons. The van der Waals surface area contributed by atoms with Crippen molar-refractivity contribution in [2.75, 3.05) is 20.2 Å². The van der Waals surface area contributed by atoms with E-state index < -0.39 is 0 Å². The lowest BCUT2D eigenvalue weighted by molar-refractivity contribution is -0.141. The largest absolute Gasteiger partial charge is 0.469 e. The summed E-state index contributed by atoms with van der Waals surface area (Å²) in [6.07, 6.45) is 0.959. The first-order chi connectivity index (χ1) is 10.1. The molecule has 0 spiro atoms. The molecule has 2 N–H and O–H groups in total. The van der Waals surface area contributed by atoms with Crippen LogP contribution in [-0.4, -0.2) is 32.1 Å². The van der Waals surface area contributed by atoms with Crippen molar-refractivity contribution in [2.24, 2.45) is 5.92 Å². The molecule has 2 atom stereocenters. The van der Waals surface area contributed by atoms with Crippen LogP contribution in [0.15, 0.2) is 28.7 Å². The number of hydrogen-bond acceptors (Lipinski definition) is 4. The third-order valence-corrected chi connectivity index (χ3v) is 4.15. The van der Waals surface area contributed by atoms with Gasteiger partial charge in [0.25, 0.3) is 0 Å². The van der Waals surface area contributed by atoms with E-state index in [4.69, 9.17) is 4.74 Å². The molecule has 0 bridgehead atoms. The number of amides is 1. The fourth-order valence-corrected chi connectivity index (χ4v) is 2.63. The lowest BCUT2D eigenvalue weighted by Crippen LogP contribution is -2.36. The van der Waals surface area contributed by atoms with Gasteiger partial charge in [0, 0.05) is 11.0 Å². The average Bonchev–Trinajstić information content (AvgIpc) is 3.01. The van der Waals surface area contributed by atoms with Gasteiger partial charge in [-0.1, -0.05) is 28.1 Å². The molecule has 7 heteroatoms. The van der Waals surface area contributed by atoms with Crippen LogP contribution >= 0.6 is 28.3 Å². The molecule has 1 aromatic rings. The number of methoxy groups -OCH3 is 1. The maximum absolute atomic E-state index is 12.3. The van der Waals surface area contributed by atoms with Crippen LogP contribution in [0.4, 0.5) is 0 Å². The van der Waals surface area contributed by atoms with Crippen molar-refractivity contribution >= 4 is 40.2 Å². The lowest BCUT2D eigenvalue weighted by atomic mass is 10.0. The molecule has 2 rings (SSSR count). The van der Waals surface area contributed by atoms with Gasteiger partial charge < -0.3 is 15.4 Å². The molecule has 1 saturated heterocycles. The van der Waals surface area contributed by atoms with Gasteiger partial charge in [0.05, 0.1) is 25.5 Å². The van der Waals surface area contributed by atoms with Gasteiger partial charge in [0.1, 0.15) is 0 Å². The first-order valence-corrected chi connectivity index (χ1v) is 7.73. The van der Waals surface area contributed by atoms with Gasteiger partial charge in [0.2, 0.25) is 5.91 Å². The summed E-state index contributed by atoms with van der Waals surface area (Å²) in [4.78, 5) is 23.8. The van der Waals surface area contributed by atoms with Crippen molar-refractivity contribution in [3.05, 3.63) is 34.3 Å². The molecular weight excluding hydrogens is 372 g/mol. The highest BCUT2D eigenvalue weighted by molar-refractivity contribution is 9.10. The van der Waals surface area contributed by atoms with Gasteiger partial charge in [-0.15, -0.1) is 12.4 Å². The van der Waals surface area contributed by atoms with E-state index in [2.05, 4.69) is 26.6 Å². The smallest absolute Gasteiger partial charge is 0.307 e. The molecule has 1 aromatic carbocycles. The molecule has 0 aliphatic carbocycles. The number of rotatable bonds is 5. The lowest BCUT2D eigenvalue weighted by Gasteiger charge is -2.20. The summed E-state index contributed by atoms with van der Waals surface area (Å²) < 4.78 is 5.67. The van der Waals surface area contributed by atoms with E-state index in [1.54, 1.807) is 0 Å². The van der Waals surface area contributed by atoms with Crippen molar-refractivity contribution in [3.63, 3.8) is 0 Å². The van der Waals surface area contributed by atoms with Gasteiger partial charge in [-0.3, -0.25) is 9.59 Å². The number of hydrogen-bond donors (Lipinski definition) is 2. The van der Waals surface area contributed by atoms with Crippen LogP contribution in [0.3, 0.4) is 0 Å². The van der Waals surface area contributed by atoms with Crippen LogP contribution in [0.5, 0.6) is 0 Å². The van der Waals surface area contributed by atoms with Crippen LogP contribution < -0.4 is 10.6 Å². The summed E-state index contributed by atoms with van der Waals surface area (Å²) in [6.45, 7) is 1.55. The van der Waals surface area contributed by atoms with Crippen LogP contribution in [0.25, 0.3) is 0 Å². The minimum atomic E-state index is -0.362. The molecule has 0 saturated carbocycles. The van der Waals surface area contributed by atoms with Gasteiger partial charge in [0.15, 0.2) is 0 Å². The molecule has 1 heterocycles. The standard InChI is InChI=1S/C15H19BrN2O3.ClH/c1-21-14(19)8-13(10-2-4-12(16)5-3-10)18-15(20)11-6-7-17-9-11;/h2-5,11,13,17H,6-9H2,1H3,(H,18,20);1H. The maximum atomic E-state index is 12.3. The number of halogens is 2. The zero-order valence-corrected chi connectivity index (χ0v) is 14.7. The molecular formula is C15H20BrClN2O3. The number of benzene rings is 1. The molecule has 1 fully saturated rings. The normalized spacial score (nSPS) is 18.2. The number of carbonyl (C=O) groups excluding carboxylic acids is 2. The SMILES string of the molecule is COC(=O)CC(NC(=O)C1CCNC1)c1ccc(Br)cc1.Cl. The summed E-state index contributed by atoms with van der Waals surface area (Å²) in [5, 5.41) is 6.13. The molecule has 0 aromatic heterocycles. The first kappa shape index (κ1) is 18.9. The van der Waals surface area contributed by atoms with E-state index in [-0.39, 0.29) is 42.7 Å². The van der Waals surface area contributed by atoms with Gasteiger partial charge >= 0.3 is 5.97 Å². The van der Waals surface area contributed by atoms with Crippen molar-refractivity contribution in [2.45, 2.75) is 18.9 Å². The third-order valence-electron chi connectivity index (χ3n) is 3.62. The molecule has 5 nitrogen and oxygen atoms in total. The number of nitrogens with one attached hydrogen (secondary N) is 2. The van der Waals surface area contributed by atoms with Crippen LogP contribution in [0.1, 0.15) is 24.4 Å². The summed E-state index contributed by atoms with van der Waals surface area (Å²) in [7, 11) is 1.35. The Labute approximate surface area is 144 Å². The zero-order valence-electron chi connectivity index (χ0n) is 12.3. The van der Waals surface area contributed by atoms with Gasteiger partial charge in [-0.2, -0.15) is 0 Å². The number of esters is 1. The Hall–Kier alpha value is -1.11. The number of ether oxygens (including phenoxy) is 1. The summed E-state index contributed by atoms with van der Waals surface area (Å²) in [6, 6.07) is 7.21. The van der Waals surface area contributed by atoms with Crippen molar-refractivity contribution in [3.8, 4) is 0 Å². The Morgan fingerprint density at radius 3 is 2.64 bits per heavy atom. The van der Waals surface area contributed by atoms with E-state index in [9.17, 15) is 9.59 Å². The van der Waals surface area contributed by atoms with Crippen molar-refractivity contribution < 1.29 is 14.3 Å². The molecule has 22 heavy (non-hydrogen) atoms. The third kappa shape index (κ3) is 5.26. The molecule has 0 radical (unpaired) electrons. The molecule has 1 aliphatic rings. The zero-order chi connectivity index (χ0) is 15.2. The second-order valence-corrected chi connectivity index (χ2v) is 6.00. The summed E-state index contributed by atoms with van der Waals surface area (Å²) in [5.41, 5.74) is 0.892. The predicted molar refractivity (Wildman–Crippen MR) is 89.9 cm³/mol. The highest BCUT2D eigenvalue weighted by Gasteiger charge is 2.26. The maximum Gasteiger partial charge on any atom is 0.307 e. The predicted octanol–water partition coefficient (Wildman–Crippen LogP) is 2.20. The van der Waals surface area contributed by atoms with E-state index >= 15 is 0 Å². The number of carbonyl (C=O) groups is 2. The van der Waals surface area contributed by atoms with Crippen LogP contribution in [0.2, 0.25) is 0 Å². The van der Waals surface area contributed by atoms with E-state index in [1.807, 2.05) is 24.3 Å². The Kier molecular flexibility index (Phi) is 7.85. The van der Waals surface area contributed by atoms with Crippen LogP contribution in [0, 0.1) is 5.92 Å². The molecule has 2 unspecified atom stereocenters. The van der Waals surface area contributed by atoms with E-state index in [1.165, 1.54) is 7.11 Å². The fourth-order valence-electron chi connectivity index (χ4n) is 2.37. The topological polar surface area (TPSA) is 67.4 Å². The minimum Gasteiger partial charge on any atom is -0.469 e. The molecule has 1 amide bonds. The fraction of sp³-hybridized carbons (Fsp3) is 0.467. The average molecular weight is 392 g/mol. The quantitative estimate of drug-likeness (QED) is 0.755. The Morgan fingerprint density at radius 2 is 2.09 bits per heavy atom. The Bertz CT molecular complexity index is 504. The van der Waals surface area contributed by atoms with Crippen molar-refractivity contribution in [1.82, 2.24) is 10.6 Å². The summed E-state index contributed by atoms with van der Waals surface area (Å²) >= 11 is 3.38. The van der Waals surface area contributed by atoms with Gasteiger partial charge in [-0.05, 0) is 30.7 Å². The Morgan fingerprint density at radius 1 is 1.41 bits per heavy atom. The van der Waals surface area contributed by atoms with E-state index in [0.29, 0.717) is 6.54 Å². The first-order valence-electron chi connectivity index (χ1n) is 6.93. The van der Waals surface area contributed by atoms with Gasteiger partial charge in [-0.25, -0.2) is 0 Å². The van der Waals surface area contributed by atoms with Crippen molar-refractivity contribution in [1.29, 1.82) is 0 Å². The minimum absolute atomic E-state index is 0.